The average Bonchev–Trinajstić information content (AvgIpc) is 3.03. The van der Waals surface area contributed by atoms with Crippen molar-refractivity contribution in [1.82, 2.24) is 10.1 Å². The third-order valence-corrected chi connectivity index (χ3v) is 3.31. The van der Waals surface area contributed by atoms with Crippen molar-refractivity contribution >= 4 is 17.6 Å². The van der Waals surface area contributed by atoms with Gasteiger partial charge in [0.25, 0.3) is 5.89 Å². The Hall–Kier alpha value is -2.86. The molecule has 1 heterocycles. The van der Waals surface area contributed by atoms with E-state index in [1.54, 1.807) is 36.4 Å². The van der Waals surface area contributed by atoms with Gasteiger partial charge in [0.1, 0.15) is 5.75 Å². The minimum atomic E-state index is -1.05. The van der Waals surface area contributed by atoms with E-state index in [9.17, 15) is 4.79 Å². The number of aliphatic carboxylic acids is 1. The van der Waals surface area contributed by atoms with Crippen molar-refractivity contribution in [3.8, 4) is 28.6 Å². The molecule has 0 aliphatic heterocycles. The topological polar surface area (TPSA) is 85.5 Å². The van der Waals surface area contributed by atoms with Crippen molar-refractivity contribution in [1.29, 1.82) is 0 Å². The third kappa shape index (κ3) is 3.49. The fraction of sp³-hybridized carbons (Fsp3) is 0.0625. The summed E-state index contributed by atoms with van der Waals surface area (Å²) in [6.45, 7) is -0.416. The van der Waals surface area contributed by atoms with Crippen LogP contribution in [0, 0.1) is 0 Å². The number of aromatic nitrogens is 2. The smallest absolute Gasteiger partial charge is 0.341 e. The van der Waals surface area contributed by atoms with Crippen LogP contribution < -0.4 is 4.74 Å². The fourth-order valence-corrected chi connectivity index (χ4v) is 2.17. The SMILES string of the molecule is O=C(O)COc1cccc(-c2noc(-c3ccccc3Cl)n2)c1. The summed E-state index contributed by atoms with van der Waals surface area (Å²) < 4.78 is 10.4. The minimum Gasteiger partial charge on any atom is -0.482 e. The Morgan fingerprint density at radius 2 is 2.04 bits per heavy atom. The van der Waals surface area contributed by atoms with Crippen LogP contribution in [0.2, 0.25) is 5.02 Å². The first-order valence-corrected chi connectivity index (χ1v) is 7.05. The van der Waals surface area contributed by atoms with Crippen LogP contribution in [0.5, 0.6) is 5.75 Å². The molecule has 0 bridgehead atoms. The van der Waals surface area contributed by atoms with E-state index < -0.39 is 12.6 Å². The standard InChI is InChI=1S/C16H11ClN2O4/c17-13-7-2-1-6-12(13)16-18-15(19-23-16)10-4-3-5-11(8-10)22-9-14(20)21/h1-8H,9H2,(H,20,21). The maximum absolute atomic E-state index is 10.5. The number of nitrogens with zero attached hydrogens (tertiary/aromatic N) is 2. The second-order valence-electron chi connectivity index (χ2n) is 4.61. The lowest BCUT2D eigenvalue weighted by Gasteiger charge is -2.03. The van der Waals surface area contributed by atoms with Crippen LogP contribution >= 0.6 is 11.6 Å². The fourth-order valence-electron chi connectivity index (χ4n) is 1.95. The van der Waals surface area contributed by atoms with Crippen LogP contribution in [0.4, 0.5) is 0 Å². The van der Waals surface area contributed by atoms with Crippen molar-refractivity contribution in [3.63, 3.8) is 0 Å². The molecule has 0 spiro atoms. The van der Waals surface area contributed by atoms with Gasteiger partial charge in [-0.3, -0.25) is 0 Å². The molecule has 0 atom stereocenters. The Labute approximate surface area is 136 Å². The molecule has 7 heteroatoms. The number of halogens is 1. The van der Waals surface area contributed by atoms with E-state index in [1.165, 1.54) is 0 Å². The quantitative estimate of drug-likeness (QED) is 0.770. The number of hydrogen-bond donors (Lipinski definition) is 1. The number of hydrogen-bond acceptors (Lipinski definition) is 5. The first-order valence-electron chi connectivity index (χ1n) is 6.67. The molecule has 0 saturated carbocycles. The number of ether oxygens (including phenoxy) is 1. The first kappa shape index (κ1) is 15.1. The maximum Gasteiger partial charge on any atom is 0.341 e. The number of carboxylic acids is 1. The van der Waals surface area contributed by atoms with Gasteiger partial charge < -0.3 is 14.4 Å². The number of rotatable bonds is 5. The van der Waals surface area contributed by atoms with Crippen LogP contribution in [0.3, 0.4) is 0 Å². The van der Waals surface area contributed by atoms with Gasteiger partial charge in [-0.2, -0.15) is 4.98 Å². The van der Waals surface area contributed by atoms with E-state index in [-0.39, 0.29) is 0 Å². The summed E-state index contributed by atoms with van der Waals surface area (Å²) in [5.74, 6) is 0.0353. The second kappa shape index (κ2) is 6.50. The zero-order valence-electron chi connectivity index (χ0n) is 11.8. The molecule has 0 unspecified atom stereocenters. The number of benzene rings is 2. The summed E-state index contributed by atoms with van der Waals surface area (Å²) in [5.41, 5.74) is 1.29. The maximum atomic E-state index is 10.5. The lowest BCUT2D eigenvalue weighted by molar-refractivity contribution is -0.139. The molecule has 0 amide bonds. The van der Waals surface area contributed by atoms with E-state index in [0.717, 1.165) is 0 Å². The third-order valence-electron chi connectivity index (χ3n) is 2.98. The van der Waals surface area contributed by atoms with Gasteiger partial charge >= 0.3 is 5.97 Å². The van der Waals surface area contributed by atoms with Crippen LogP contribution in [0.25, 0.3) is 22.8 Å². The van der Waals surface area contributed by atoms with Crippen molar-refractivity contribution in [2.45, 2.75) is 0 Å². The van der Waals surface area contributed by atoms with Crippen molar-refractivity contribution < 1.29 is 19.2 Å². The molecule has 6 nitrogen and oxygen atoms in total. The molecule has 0 aliphatic rings. The van der Waals surface area contributed by atoms with E-state index in [0.29, 0.717) is 33.6 Å². The highest BCUT2D eigenvalue weighted by Gasteiger charge is 2.13. The van der Waals surface area contributed by atoms with Gasteiger partial charge in [-0.25, -0.2) is 4.79 Å². The summed E-state index contributed by atoms with van der Waals surface area (Å²) in [6, 6.07) is 13.9. The van der Waals surface area contributed by atoms with E-state index in [2.05, 4.69) is 10.1 Å². The second-order valence-corrected chi connectivity index (χ2v) is 5.02. The normalized spacial score (nSPS) is 10.5. The van der Waals surface area contributed by atoms with Gasteiger partial charge in [0.05, 0.1) is 10.6 Å². The lowest BCUT2D eigenvalue weighted by atomic mass is 10.2. The molecule has 1 N–H and O–H groups in total. The van der Waals surface area contributed by atoms with Gasteiger partial charge in [0.15, 0.2) is 6.61 Å². The molecule has 3 aromatic rings. The van der Waals surface area contributed by atoms with Gasteiger partial charge in [-0.1, -0.05) is 41.0 Å². The van der Waals surface area contributed by atoms with Crippen molar-refractivity contribution in [2.75, 3.05) is 6.61 Å². The Morgan fingerprint density at radius 1 is 1.22 bits per heavy atom. The number of carboxylic acid groups (broad SMARTS) is 1. The highest BCUT2D eigenvalue weighted by molar-refractivity contribution is 6.33. The zero-order chi connectivity index (χ0) is 16.2. The number of carbonyl (C=O) groups is 1. The van der Waals surface area contributed by atoms with Crippen LogP contribution in [-0.2, 0) is 4.79 Å². The van der Waals surface area contributed by atoms with Gasteiger partial charge in [0.2, 0.25) is 5.82 Å². The Kier molecular flexibility index (Phi) is 4.25. The van der Waals surface area contributed by atoms with Crippen LogP contribution in [0.15, 0.2) is 53.1 Å². The monoisotopic (exact) mass is 330 g/mol. The summed E-state index contributed by atoms with van der Waals surface area (Å²) >= 11 is 6.11. The molecule has 3 rings (SSSR count). The highest BCUT2D eigenvalue weighted by atomic mass is 35.5. The summed E-state index contributed by atoms with van der Waals surface area (Å²) in [7, 11) is 0. The zero-order valence-corrected chi connectivity index (χ0v) is 12.5. The largest absolute Gasteiger partial charge is 0.482 e. The molecule has 0 saturated heterocycles. The summed E-state index contributed by atoms with van der Waals surface area (Å²) in [6.07, 6.45) is 0. The van der Waals surface area contributed by atoms with Gasteiger partial charge in [-0.15, -0.1) is 0 Å². The lowest BCUT2D eigenvalue weighted by Crippen LogP contribution is -2.09. The predicted octanol–water partition coefficient (Wildman–Crippen LogP) is 3.52. The Morgan fingerprint density at radius 3 is 2.83 bits per heavy atom. The molecular formula is C16H11ClN2O4. The van der Waals surface area contributed by atoms with Crippen molar-refractivity contribution in [3.05, 3.63) is 53.6 Å². The van der Waals surface area contributed by atoms with Gasteiger partial charge in [-0.05, 0) is 24.3 Å². The van der Waals surface area contributed by atoms with E-state index >= 15 is 0 Å². The molecule has 23 heavy (non-hydrogen) atoms. The molecule has 116 valence electrons. The highest BCUT2D eigenvalue weighted by Crippen LogP contribution is 2.28. The van der Waals surface area contributed by atoms with Crippen LogP contribution in [0.1, 0.15) is 0 Å². The van der Waals surface area contributed by atoms with E-state index in [4.69, 9.17) is 26.0 Å². The summed E-state index contributed by atoms with van der Waals surface area (Å²) in [5, 5.41) is 13.1. The predicted molar refractivity (Wildman–Crippen MR) is 83.3 cm³/mol. The molecule has 0 radical (unpaired) electrons. The average molecular weight is 331 g/mol. The van der Waals surface area contributed by atoms with E-state index in [1.807, 2.05) is 12.1 Å². The summed E-state index contributed by atoms with van der Waals surface area (Å²) in [4.78, 5) is 14.9. The minimum absolute atomic E-state index is 0.308. The first-order chi connectivity index (χ1) is 11.1. The Balaban J connectivity index is 1.87. The molecular weight excluding hydrogens is 320 g/mol. The van der Waals surface area contributed by atoms with Crippen LogP contribution in [-0.4, -0.2) is 27.8 Å². The molecule has 1 aromatic heterocycles. The van der Waals surface area contributed by atoms with Gasteiger partial charge in [0, 0.05) is 5.56 Å². The molecule has 0 aliphatic carbocycles. The Bertz CT molecular complexity index is 847. The molecule has 2 aromatic carbocycles. The van der Waals surface area contributed by atoms with Crippen molar-refractivity contribution in [2.24, 2.45) is 0 Å². The molecule has 0 fully saturated rings.